The molecule has 6 nitrogen and oxygen atoms in total. The Bertz CT molecular complexity index is 1170. The smallest absolute Gasteiger partial charge is 0.270 e. The van der Waals surface area contributed by atoms with Gasteiger partial charge in [0.25, 0.3) is 5.91 Å². The molecule has 0 fully saturated rings. The fourth-order valence-corrected chi connectivity index (χ4v) is 4.27. The summed E-state index contributed by atoms with van der Waals surface area (Å²) in [6, 6.07) is 16.2. The molecule has 1 atom stereocenters. The van der Waals surface area contributed by atoms with Gasteiger partial charge < -0.3 is 15.2 Å². The number of carbonyl (C=O) groups excluding carboxylic acids is 1. The fraction of sp³-hybridized carbons (Fsp3) is 0.182. The van der Waals surface area contributed by atoms with E-state index in [-0.39, 0.29) is 12.5 Å². The van der Waals surface area contributed by atoms with Crippen molar-refractivity contribution in [2.24, 2.45) is 0 Å². The van der Waals surface area contributed by atoms with Crippen LogP contribution in [0.4, 0.5) is 0 Å². The number of nitrogens with one attached hydrogen (secondary N) is 1. The number of amides is 1. The van der Waals surface area contributed by atoms with Gasteiger partial charge in [0.1, 0.15) is 12.3 Å². The van der Waals surface area contributed by atoms with Crippen LogP contribution < -0.4 is 10.1 Å². The molecule has 154 valence electrons. The summed E-state index contributed by atoms with van der Waals surface area (Å²) in [5, 5.41) is 12.7. The van der Waals surface area contributed by atoms with Gasteiger partial charge in [-0.2, -0.15) is 0 Å². The quantitative estimate of drug-likeness (QED) is 0.445. The van der Waals surface area contributed by atoms with Gasteiger partial charge in [0.05, 0.1) is 22.7 Å². The molecule has 0 aliphatic heterocycles. The van der Waals surface area contributed by atoms with Crippen LogP contribution in [0.15, 0.2) is 60.8 Å². The molecular formula is C22H20ClN3O3S. The predicted molar refractivity (Wildman–Crippen MR) is 117 cm³/mol. The Morgan fingerprint density at radius 1 is 1.23 bits per heavy atom. The van der Waals surface area contributed by atoms with Crippen molar-refractivity contribution in [2.75, 3.05) is 6.61 Å². The van der Waals surface area contributed by atoms with Crippen molar-refractivity contribution in [3.05, 3.63) is 87.0 Å². The lowest BCUT2D eigenvalue weighted by Crippen LogP contribution is -2.32. The average molecular weight is 442 g/mol. The highest BCUT2D eigenvalue weighted by Gasteiger charge is 2.22. The molecule has 8 heteroatoms. The van der Waals surface area contributed by atoms with Crippen molar-refractivity contribution in [1.29, 1.82) is 0 Å². The van der Waals surface area contributed by atoms with Crippen molar-refractivity contribution in [1.82, 2.24) is 14.7 Å². The zero-order valence-corrected chi connectivity index (χ0v) is 17.8. The number of pyridine rings is 1. The third-order valence-electron chi connectivity index (χ3n) is 4.69. The maximum absolute atomic E-state index is 13.0. The number of aromatic nitrogens is 2. The number of halogens is 1. The number of thiophene rings is 1. The van der Waals surface area contributed by atoms with Crippen LogP contribution in [0.3, 0.4) is 0 Å². The molecule has 3 aromatic heterocycles. The minimum absolute atomic E-state index is 0.205. The number of hydrogen-bond donors (Lipinski definition) is 2. The number of fused-ring (bicyclic) bond motifs is 1. The normalized spacial score (nSPS) is 12.1. The molecule has 0 aliphatic rings. The molecule has 4 aromatic rings. The highest BCUT2D eigenvalue weighted by Crippen LogP contribution is 2.26. The lowest BCUT2D eigenvalue weighted by Gasteiger charge is -2.17. The Kier molecular flexibility index (Phi) is 6.03. The van der Waals surface area contributed by atoms with Gasteiger partial charge in [-0.15, -0.1) is 11.3 Å². The number of rotatable bonds is 7. The second-order valence-electron chi connectivity index (χ2n) is 6.73. The van der Waals surface area contributed by atoms with Crippen molar-refractivity contribution in [3.63, 3.8) is 0 Å². The number of carbonyl (C=O) groups is 1. The van der Waals surface area contributed by atoms with Crippen LogP contribution in [0.25, 0.3) is 5.65 Å². The van der Waals surface area contributed by atoms with Gasteiger partial charge in [-0.05, 0) is 36.8 Å². The Labute approximate surface area is 182 Å². The molecule has 0 saturated heterocycles. The summed E-state index contributed by atoms with van der Waals surface area (Å²) < 4.78 is 8.35. The number of aryl methyl sites for hydroxylation is 1. The number of aliphatic hydroxyl groups excluding tert-OH is 1. The predicted octanol–water partition coefficient (Wildman–Crippen LogP) is 4.40. The van der Waals surface area contributed by atoms with Gasteiger partial charge in [-0.1, -0.05) is 41.9 Å². The second-order valence-corrected chi connectivity index (χ2v) is 8.53. The molecular weight excluding hydrogens is 422 g/mol. The number of aliphatic hydroxyl groups is 1. The minimum Gasteiger partial charge on any atom is -0.484 e. The molecule has 0 spiro atoms. The zero-order valence-electron chi connectivity index (χ0n) is 16.2. The van der Waals surface area contributed by atoms with Crippen molar-refractivity contribution >= 4 is 34.5 Å². The SMILES string of the molecule is Cc1nc2c(OCc3ccc(Cl)s3)cccn2c1C(=O)N[C@@H](CO)c1ccccc1. The van der Waals surface area contributed by atoms with Crippen LogP contribution in [0.1, 0.15) is 32.7 Å². The van der Waals surface area contributed by atoms with Crippen molar-refractivity contribution < 1.29 is 14.6 Å². The highest BCUT2D eigenvalue weighted by molar-refractivity contribution is 7.16. The van der Waals surface area contributed by atoms with Gasteiger partial charge in [0.2, 0.25) is 0 Å². The summed E-state index contributed by atoms with van der Waals surface area (Å²) in [7, 11) is 0. The van der Waals surface area contributed by atoms with E-state index in [0.29, 0.717) is 33.7 Å². The van der Waals surface area contributed by atoms with E-state index in [9.17, 15) is 9.90 Å². The van der Waals surface area contributed by atoms with E-state index < -0.39 is 6.04 Å². The largest absolute Gasteiger partial charge is 0.484 e. The Morgan fingerprint density at radius 2 is 2.03 bits per heavy atom. The molecule has 1 amide bonds. The third kappa shape index (κ3) is 4.18. The molecule has 0 bridgehead atoms. The lowest BCUT2D eigenvalue weighted by molar-refractivity contribution is 0.0909. The maximum Gasteiger partial charge on any atom is 0.270 e. The molecule has 2 N–H and O–H groups in total. The number of imidazole rings is 1. The van der Waals surface area contributed by atoms with Crippen LogP contribution in [0.5, 0.6) is 5.75 Å². The van der Waals surface area contributed by atoms with E-state index in [4.69, 9.17) is 16.3 Å². The van der Waals surface area contributed by atoms with E-state index in [1.807, 2.05) is 54.6 Å². The number of benzene rings is 1. The van der Waals surface area contributed by atoms with Crippen molar-refractivity contribution in [2.45, 2.75) is 19.6 Å². The Hall–Kier alpha value is -2.87. The van der Waals surface area contributed by atoms with Gasteiger partial charge in [0, 0.05) is 11.1 Å². The molecule has 0 aliphatic carbocycles. The van der Waals surface area contributed by atoms with Gasteiger partial charge >= 0.3 is 0 Å². The third-order valence-corrected chi connectivity index (χ3v) is 5.90. The molecule has 4 rings (SSSR count). The van der Waals surface area contributed by atoms with E-state index in [0.717, 1.165) is 10.4 Å². The van der Waals surface area contributed by atoms with Crippen molar-refractivity contribution in [3.8, 4) is 5.75 Å². The summed E-state index contributed by atoms with van der Waals surface area (Å²) in [6.07, 6.45) is 1.77. The summed E-state index contributed by atoms with van der Waals surface area (Å²) >= 11 is 7.44. The minimum atomic E-state index is -0.508. The molecule has 30 heavy (non-hydrogen) atoms. The summed E-state index contributed by atoms with van der Waals surface area (Å²) in [6.45, 7) is 1.94. The van der Waals surface area contributed by atoms with Crippen LogP contribution in [-0.4, -0.2) is 27.0 Å². The van der Waals surface area contributed by atoms with Crippen LogP contribution in [0, 0.1) is 6.92 Å². The molecule has 0 radical (unpaired) electrons. The summed E-state index contributed by atoms with van der Waals surface area (Å²) in [5.74, 6) is 0.260. The molecule has 0 unspecified atom stereocenters. The first-order valence-electron chi connectivity index (χ1n) is 9.38. The first-order chi connectivity index (χ1) is 14.6. The lowest BCUT2D eigenvalue weighted by atomic mass is 10.1. The first kappa shape index (κ1) is 20.4. The van der Waals surface area contributed by atoms with E-state index in [1.54, 1.807) is 17.5 Å². The van der Waals surface area contributed by atoms with Crippen LogP contribution in [-0.2, 0) is 6.61 Å². The highest BCUT2D eigenvalue weighted by atomic mass is 35.5. The fourth-order valence-electron chi connectivity index (χ4n) is 3.27. The number of hydrogen-bond acceptors (Lipinski definition) is 5. The van der Waals surface area contributed by atoms with Crippen LogP contribution in [0.2, 0.25) is 4.34 Å². The van der Waals surface area contributed by atoms with Crippen LogP contribution >= 0.6 is 22.9 Å². The van der Waals surface area contributed by atoms with E-state index in [2.05, 4.69) is 10.3 Å². The Balaban J connectivity index is 1.59. The maximum atomic E-state index is 13.0. The monoisotopic (exact) mass is 441 g/mol. The standard InChI is InChI=1S/C22H20ClN3O3S/c1-14-20(22(28)25-17(12-27)15-6-3-2-4-7-15)26-11-5-8-18(21(26)24-14)29-13-16-9-10-19(23)30-16/h2-11,17,27H,12-13H2,1H3,(H,25,28)/t17-/m0/s1. The van der Waals surface area contributed by atoms with E-state index in [1.165, 1.54) is 11.3 Å². The molecule has 3 heterocycles. The molecule has 0 saturated carbocycles. The first-order valence-corrected chi connectivity index (χ1v) is 10.6. The number of nitrogens with zero attached hydrogens (tertiary/aromatic N) is 2. The van der Waals surface area contributed by atoms with Gasteiger partial charge in [-0.3, -0.25) is 9.20 Å². The zero-order chi connectivity index (χ0) is 21.1. The average Bonchev–Trinajstić information content (AvgIpc) is 3.33. The van der Waals surface area contributed by atoms with Gasteiger partial charge in [0.15, 0.2) is 11.4 Å². The Morgan fingerprint density at radius 3 is 2.73 bits per heavy atom. The second kappa shape index (κ2) is 8.87. The van der Waals surface area contributed by atoms with Gasteiger partial charge in [-0.25, -0.2) is 4.98 Å². The number of ether oxygens (including phenoxy) is 1. The summed E-state index contributed by atoms with van der Waals surface area (Å²) in [5.41, 5.74) is 2.37. The molecule has 1 aromatic carbocycles. The van der Waals surface area contributed by atoms with E-state index >= 15 is 0 Å². The summed E-state index contributed by atoms with van der Waals surface area (Å²) in [4.78, 5) is 18.6. The topological polar surface area (TPSA) is 75.9 Å².